The van der Waals surface area contributed by atoms with Crippen molar-refractivity contribution in [3.8, 4) is 0 Å². The fourth-order valence-electron chi connectivity index (χ4n) is 1.70. The van der Waals surface area contributed by atoms with Gasteiger partial charge in [0, 0.05) is 24.8 Å². The number of hydrogen-bond donors (Lipinski definition) is 1. The molecule has 0 bridgehead atoms. The zero-order valence-electron chi connectivity index (χ0n) is 8.82. The second kappa shape index (κ2) is 5.03. The van der Waals surface area contributed by atoms with Crippen LogP contribution in [0.3, 0.4) is 0 Å². The smallest absolute Gasteiger partial charge is 0.234 e. The largest absolute Gasteiger partial charge is 0.353 e. The molecule has 0 spiro atoms. The van der Waals surface area contributed by atoms with E-state index in [1.165, 1.54) is 10.9 Å². The highest BCUT2D eigenvalue weighted by atomic mass is 35.5. The van der Waals surface area contributed by atoms with Gasteiger partial charge >= 0.3 is 0 Å². The van der Waals surface area contributed by atoms with Gasteiger partial charge in [-0.05, 0) is 17.5 Å². The second-order valence-corrected chi connectivity index (χ2v) is 3.82. The monoisotopic (exact) mass is 236 g/mol. The lowest BCUT2D eigenvalue weighted by molar-refractivity contribution is -0.118. The van der Waals surface area contributed by atoms with Crippen LogP contribution in [0.4, 0.5) is 0 Å². The number of nitrogens with zero attached hydrogens (tertiary/aromatic N) is 1. The lowest BCUT2D eigenvalue weighted by Gasteiger charge is -2.06. The Hall–Kier alpha value is -1.48. The van der Waals surface area contributed by atoms with Crippen molar-refractivity contribution >= 4 is 28.4 Å². The molecule has 1 N–H and O–H groups in total. The summed E-state index contributed by atoms with van der Waals surface area (Å²) in [6.07, 6.45) is 2.03. The van der Waals surface area contributed by atoms with Crippen LogP contribution in [0.1, 0.15) is 0 Å². The van der Waals surface area contributed by atoms with Crippen LogP contribution in [0.2, 0.25) is 0 Å². The van der Waals surface area contributed by atoms with Gasteiger partial charge in [0.2, 0.25) is 5.91 Å². The van der Waals surface area contributed by atoms with Crippen LogP contribution in [0.5, 0.6) is 0 Å². The minimum atomic E-state index is -0.127. The third-order valence-electron chi connectivity index (χ3n) is 2.48. The number of nitrogens with one attached hydrogen (secondary N) is 1. The Morgan fingerprint density at radius 1 is 1.31 bits per heavy atom. The number of aromatic nitrogens is 1. The van der Waals surface area contributed by atoms with Gasteiger partial charge in [0.05, 0.1) is 0 Å². The van der Waals surface area contributed by atoms with Crippen LogP contribution in [-0.2, 0) is 11.3 Å². The summed E-state index contributed by atoms with van der Waals surface area (Å²) in [5, 5.41) is 3.96. The third-order valence-corrected chi connectivity index (χ3v) is 2.72. The SMILES string of the molecule is O=C(CCl)NCCn1ccc2ccccc21. The molecule has 0 aliphatic carbocycles. The van der Waals surface area contributed by atoms with Crippen LogP contribution < -0.4 is 5.32 Å². The van der Waals surface area contributed by atoms with Gasteiger partial charge in [0.25, 0.3) is 0 Å². The van der Waals surface area contributed by atoms with Gasteiger partial charge in [-0.1, -0.05) is 18.2 Å². The first-order chi connectivity index (χ1) is 7.81. The molecule has 1 heterocycles. The zero-order valence-corrected chi connectivity index (χ0v) is 9.57. The minimum absolute atomic E-state index is 0.0203. The number of rotatable bonds is 4. The summed E-state index contributed by atoms with van der Waals surface area (Å²) in [7, 11) is 0. The van der Waals surface area contributed by atoms with Crippen LogP contribution in [0.25, 0.3) is 10.9 Å². The second-order valence-electron chi connectivity index (χ2n) is 3.55. The van der Waals surface area contributed by atoms with Crippen LogP contribution in [0.15, 0.2) is 36.5 Å². The predicted octanol–water partition coefficient (Wildman–Crippen LogP) is 2.00. The average Bonchev–Trinajstić information content (AvgIpc) is 2.73. The maximum Gasteiger partial charge on any atom is 0.234 e. The summed E-state index contributed by atoms with van der Waals surface area (Å²) in [5.41, 5.74) is 1.18. The van der Waals surface area contributed by atoms with Crippen molar-refractivity contribution < 1.29 is 4.79 Å². The lowest BCUT2D eigenvalue weighted by Crippen LogP contribution is -2.27. The molecule has 0 saturated carbocycles. The molecular weight excluding hydrogens is 224 g/mol. The highest BCUT2D eigenvalue weighted by Crippen LogP contribution is 2.14. The van der Waals surface area contributed by atoms with Gasteiger partial charge in [0.1, 0.15) is 5.88 Å². The van der Waals surface area contributed by atoms with Crippen molar-refractivity contribution in [1.82, 2.24) is 9.88 Å². The third kappa shape index (κ3) is 2.36. The van der Waals surface area contributed by atoms with Gasteiger partial charge in [-0.3, -0.25) is 4.79 Å². The molecule has 0 fully saturated rings. The fourth-order valence-corrected chi connectivity index (χ4v) is 1.79. The summed E-state index contributed by atoms with van der Waals surface area (Å²) >= 11 is 5.39. The van der Waals surface area contributed by atoms with E-state index in [9.17, 15) is 4.79 Å². The average molecular weight is 237 g/mol. The molecule has 0 saturated heterocycles. The van der Waals surface area contributed by atoms with E-state index in [0.717, 1.165) is 6.54 Å². The van der Waals surface area contributed by atoms with E-state index < -0.39 is 0 Å². The van der Waals surface area contributed by atoms with Crippen LogP contribution >= 0.6 is 11.6 Å². The van der Waals surface area contributed by atoms with Gasteiger partial charge in [-0.2, -0.15) is 0 Å². The molecule has 0 unspecified atom stereocenters. The van der Waals surface area contributed by atoms with Crippen molar-refractivity contribution in [2.75, 3.05) is 12.4 Å². The van der Waals surface area contributed by atoms with E-state index in [1.54, 1.807) is 0 Å². The molecule has 2 aromatic rings. The maximum absolute atomic E-state index is 11.0. The maximum atomic E-state index is 11.0. The van der Waals surface area contributed by atoms with Crippen molar-refractivity contribution in [2.45, 2.75) is 6.54 Å². The number of amides is 1. The molecule has 3 nitrogen and oxygen atoms in total. The van der Waals surface area contributed by atoms with Crippen molar-refractivity contribution in [3.05, 3.63) is 36.5 Å². The van der Waals surface area contributed by atoms with E-state index >= 15 is 0 Å². The number of carbonyl (C=O) groups excluding carboxylic acids is 1. The van der Waals surface area contributed by atoms with Crippen molar-refractivity contribution in [1.29, 1.82) is 0 Å². The van der Waals surface area contributed by atoms with E-state index in [1.807, 2.05) is 18.3 Å². The van der Waals surface area contributed by atoms with Gasteiger partial charge in [-0.25, -0.2) is 0 Å². The standard InChI is InChI=1S/C12H13ClN2O/c13-9-12(16)14-6-8-15-7-5-10-3-1-2-4-11(10)15/h1-5,7H,6,8-9H2,(H,14,16). The Labute approximate surface area is 99.0 Å². The number of alkyl halides is 1. The first-order valence-corrected chi connectivity index (χ1v) is 5.71. The molecule has 1 aromatic carbocycles. The lowest BCUT2D eigenvalue weighted by atomic mass is 10.2. The Bertz CT molecular complexity index is 492. The summed E-state index contributed by atoms with van der Waals surface area (Å²) in [4.78, 5) is 11.0. The first-order valence-electron chi connectivity index (χ1n) is 5.18. The Morgan fingerprint density at radius 2 is 2.12 bits per heavy atom. The molecule has 0 radical (unpaired) electrons. The van der Waals surface area contributed by atoms with Crippen molar-refractivity contribution in [2.24, 2.45) is 0 Å². The molecule has 1 aromatic heterocycles. The summed E-state index contributed by atoms with van der Waals surface area (Å²) in [6.45, 7) is 1.36. The minimum Gasteiger partial charge on any atom is -0.353 e. The Balaban J connectivity index is 2.02. The molecular formula is C12H13ClN2O. The summed E-state index contributed by atoms with van der Waals surface area (Å²) in [6, 6.07) is 10.2. The predicted molar refractivity (Wildman–Crippen MR) is 65.7 cm³/mol. The Morgan fingerprint density at radius 3 is 2.94 bits per heavy atom. The normalized spacial score (nSPS) is 10.6. The number of carbonyl (C=O) groups is 1. The van der Waals surface area contributed by atoms with Gasteiger partial charge < -0.3 is 9.88 Å². The van der Waals surface area contributed by atoms with Crippen LogP contribution in [-0.4, -0.2) is 22.9 Å². The fraction of sp³-hybridized carbons (Fsp3) is 0.250. The first kappa shape index (κ1) is 11.0. The van der Waals surface area contributed by atoms with E-state index in [-0.39, 0.29) is 11.8 Å². The number of para-hydroxylation sites is 1. The summed E-state index contributed by atoms with van der Waals surface area (Å²) in [5.74, 6) is -0.106. The number of halogens is 1. The highest BCUT2D eigenvalue weighted by Gasteiger charge is 2.00. The molecule has 0 aliphatic heterocycles. The molecule has 2 rings (SSSR count). The topological polar surface area (TPSA) is 34.0 Å². The quantitative estimate of drug-likeness (QED) is 0.810. The highest BCUT2D eigenvalue weighted by molar-refractivity contribution is 6.27. The van der Waals surface area contributed by atoms with Crippen molar-refractivity contribution in [3.63, 3.8) is 0 Å². The van der Waals surface area contributed by atoms with Crippen LogP contribution in [0, 0.1) is 0 Å². The number of fused-ring (bicyclic) bond motifs is 1. The molecule has 0 aliphatic rings. The Kier molecular flexibility index (Phi) is 3.47. The van der Waals surface area contributed by atoms with E-state index in [0.29, 0.717) is 6.54 Å². The number of benzene rings is 1. The molecule has 1 amide bonds. The zero-order chi connectivity index (χ0) is 11.4. The molecule has 16 heavy (non-hydrogen) atoms. The molecule has 4 heteroatoms. The number of hydrogen-bond acceptors (Lipinski definition) is 1. The molecule has 84 valence electrons. The van der Waals surface area contributed by atoms with E-state index in [2.05, 4.69) is 28.1 Å². The van der Waals surface area contributed by atoms with Gasteiger partial charge in [-0.15, -0.1) is 11.6 Å². The summed E-state index contributed by atoms with van der Waals surface area (Å²) < 4.78 is 2.11. The van der Waals surface area contributed by atoms with E-state index in [4.69, 9.17) is 11.6 Å². The van der Waals surface area contributed by atoms with Gasteiger partial charge in [0.15, 0.2) is 0 Å². The molecule has 0 atom stereocenters.